The molecule has 0 aliphatic carbocycles. The van der Waals surface area contributed by atoms with E-state index in [9.17, 15) is 22.0 Å². The molecule has 150 valence electrons. The molecule has 0 spiro atoms. The van der Waals surface area contributed by atoms with E-state index in [2.05, 4.69) is 20.0 Å². The number of hydrogen-bond donors (Lipinski definition) is 1. The highest BCUT2D eigenvalue weighted by molar-refractivity contribution is 7.89. The van der Waals surface area contributed by atoms with Gasteiger partial charge in [-0.2, -0.15) is 13.1 Å². The maximum absolute atomic E-state index is 12.8. The largest absolute Gasteiger partial charge is 0.433 e. The fraction of sp³-hybridized carbons (Fsp3) is 0.353. The maximum Gasteiger partial charge on any atom is 0.387 e. The first-order chi connectivity index (χ1) is 13.4. The number of alkyl halides is 2. The van der Waals surface area contributed by atoms with Crippen molar-refractivity contribution in [2.24, 2.45) is 5.92 Å². The Morgan fingerprint density at radius 3 is 2.43 bits per heavy atom. The minimum atomic E-state index is -4.03. The Morgan fingerprint density at radius 2 is 1.79 bits per heavy atom. The van der Waals surface area contributed by atoms with Crippen molar-refractivity contribution in [3.63, 3.8) is 0 Å². The number of hydrogen-bond acceptors (Lipinski definition) is 6. The summed E-state index contributed by atoms with van der Waals surface area (Å²) in [6.07, 6.45) is 3.57. The van der Waals surface area contributed by atoms with Gasteiger partial charge in [-0.25, -0.2) is 18.4 Å². The van der Waals surface area contributed by atoms with Gasteiger partial charge in [-0.05, 0) is 31.0 Å². The lowest BCUT2D eigenvalue weighted by Crippen LogP contribution is -2.41. The summed E-state index contributed by atoms with van der Waals surface area (Å²) < 4.78 is 56.3. The van der Waals surface area contributed by atoms with Gasteiger partial charge >= 0.3 is 6.61 Å². The average Bonchev–Trinajstić information content (AvgIpc) is 2.68. The number of benzene rings is 1. The Balaban J connectivity index is 1.66. The number of sulfonamides is 1. The van der Waals surface area contributed by atoms with Crippen LogP contribution in [0.2, 0.25) is 0 Å². The second-order valence-electron chi connectivity index (χ2n) is 6.07. The van der Waals surface area contributed by atoms with Crippen LogP contribution in [0, 0.1) is 5.92 Å². The summed E-state index contributed by atoms with van der Waals surface area (Å²) >= 11 is 0. The van der Waals surface area contributed by atoms with Crippen LogP contribution in [-0.2, 0) is 14.8 Å². The van der Waals surface area contributed by atoms with Crippen molar-refractivity contribution in [2.45, 2.75) is 24.3 Å². The van der Waals surface area contributed by atoms with Crippen molar-refractivity contribution in [3.05, 3.63) is 42.7 Å². The molecule has 3 rings (SSSR count). The highest BCUT2D eigenvalue weighted by Gasteiger charge is 2.34. The molecule has 0 unspecified atom stereocenters. The van der Waals surface area contributed by atoms with E-state index in [1.807, 2.05) is 0 Å². The van der Waals surface area contributed by atoms with Crippen molar-refractivity contribution >= 4 is 21.9 Å². The summed E-state index contributed by atoms with van der Waals surface area (Å²) in [6.45, 7) is -2.97. The number of carbonyl (C=O) groups is 1. The van der Waals surface area contributed by atoms with Crippen molar-refractivity contribution < 1.29 is 26.7 Å². The topological polar surface area (TPSA) is 101 Å². The molecule has 0 saturated carbocycles. The molecule has 0 radical (unpaired) electrons. The molecule has 11 heteroatoms. The average molecular weight is 412 g/mol. The van der Waals surface area contributed by atoms with Gasteiger partial charge in [-0.3, -0.25) is 10.1 Å². The van der Waals surface area contributed by atoms with Crippen LogP contribution >= 0.6 is 0 Å². The lowest BCUT2D eigenvalue weighted by Gasteiger charge is -2.30. The van der Waals surface area contributed by atoms with Gasteiger partial charge in [-0.15, -0.1) is 0 Å². The van der Waals surface area contributed by atoms with Gasteiger partial charge in [-0.1, -0.05) is 12.1 Å². The van der Waals surface area contributed by atoms with E-state index in [1.54, 1.807) is 6.07 Å². The summed E-state index contributed by atoms with van der Waals surface area (Å²) in [5, 5.41) is 2.60. The molecule has 8 nitrogen and oxygen atoms in total. The first kappa shape index (κ1) is 20.1. The zero-order valence-corrected chi connectivity index (χ0v) is 15.5. The van der Waals surface area contributed by atoms with Gasteiger partial charge in [0, 0.05) is 31.4 Å². The summed E-state index contributed by atoms with van der Waals surface area (Å²) in [4.78, 5) is 19.8. The van der Waals surface area contributed by atoms with Crippen molar-refractivity contribution in [1.82, 2.24) is 14.3 Å². The molecule has 1 saturated heterocycles. The van der Waals surface area contributed by atoms with Crippen LogP contribution in [-0.4, -0.2) is 48.3 Å². The normalized spacial score (nSPS) is 16.1. The standard InChI is InChI=1S/C17H18F2N4O4S/c18-16(19)27-13-4-1-2-5-14(13)28(25,26)23-10-6-12(7-11-23)15(24)22-17-20-8-3-9-21-17/h1-5,8-9,12,16H,6-7,10-11H2,(H,20,21,22,24). The molecule has 2 heterocycles. The van der Waals surface area contributed by atoms with E-state index in [-0.39, 0.29) is 42.7 Å². The van der Waals surface area contributed by atoms with Gasteiger partial charge in [0.15, 0.2) is 0 Å². The predicted molar refractivity (Wildman–Crippen MR) is 95.2 cm³/mol. The first-order valence-corrected chi connectivity index (χ1v) is 9.94. The van der Waals surface area contributed by atoms with E-state index in [0.717, 1.165) is 0 Å². The second kappa shape index (κ2) is 8.57. The van der Waals surface area contributed by atoms with Crippen LogP contribution in [0.25, 0.3) is 0 Å². The summed E-state index contributed by atoms with van der Waals surface area (Å²) in [6, 6.07) is 6.87. The minimum Gasteiger partial charge on any atom is -0.433 e. The van der Waals surface area contributed by atoms with Crippen LogP contribution in [0.3, 0.4) is 0 Å². The first-order valence-electron chi connectivity index (χ1n) is 8.50. The van der Waals surface area contributed by atoms with Crippen LogP contribution in [0.4, 0.5) is 14.7 Å². The zero-order valence-electron chi connectivity index (χ0n) is 14.7. The van der Waals surface area contributed by atoms with Gasteiger partial charge < -0.3 is 4.74 Å². The predicted octanol–water partition coefficient (Wildman–Crippen LogP) is 2.12. The quantitative estimate of drug-likeness (QED) is 0.780. The number of nitrogens with zero attached hydrogens (tertiary/aromatic N) is 3. The molecular weight excluding hydrogens is 394 g/mol. The number of carbonyl (C=O) groups excluding carboxylic acids is 1. The molecule has 1 aliphatic rings. The molecule has 1 amide bonds. The Labute approximate surface area is 160 Å². The number of ether oxygens (including phenoxy) is 1. The Bertz CT molecular complexity index is 920. The molecule has 1 aromatic carbocycles. The van der Waals surface area contributed by atoms with Crippen LogP contribution in [0.5, 0.6) is 5.75 Å². The molecule has 1 N–H and O–H groups in total. The van der Waals surface area contributed by atoms with Crippen molar-refractivity contribution in [2.75, 3.05) is 18.4 Å². The molecule has 0 bridgehead atoms. The summed E-state index contributed by atoms with van der Waals surface area (Å²) in [7, 11) is -4.03. The van der Waals surface area contributed by atoms with Gasteiger partial charge in [0.1, 0.15) is 10.6 Å². The maximum atomic E-state index is 12.8. The van der Waals surface area contributed by atoms with E-state index in [1.165, 1.54) is 41.0 Å². The Hall–Kier alpha value is -2.66. The van der Waals surface area contributed by atoms with Gasteiger partial charge in [0.2, 0.25) is 21.9 Å². The third kappa shape index (κ3) is 4.60. The van der Waals surface area contributed by atoms with E-state index in [4.69, 9.17) is 0 Å². The number of amides is 1. The Morgan fingerprint density at radius 1 is 1.14 bits per heavy atom. The number of anilines is 1. The van der Waals surface area contributed by atoms with E-state index in [0.29, 0.717) is 0 Å². The lowest BCUT2D eigenvalue weighted by molar-refractivity contribution is -0.121. The minimum absolute atomic E-state index is 0.0824. The van der Waals surface area contributed by atoms with E-state index < -0.39 is 28.3 Å². The van der Waals surface area contributed by atoms with Gasteiger partial charge in [0.05, 0.1) is 0 Å². The third-order valence-electron chi connectivity index (χ3n) is 4.31. The van der Waals surface area contributed by atoms with Crippen LogP contribution in [0.1, 0.15) is 12.8 Å². The zero-order chi connectivity index (χ0) is 20.1. The molecule has 1 aliphatic heterocycles. The van der Waals surface area contributed by atoms with Gasteiger partial charge in [0.25, 0.3) is 0 Å². The summed E-state index contributed by atoms with van der Waals surface area (Å²) in [5.74, 6) is -0.910. The lowest BCUT2D eigenvalue weighted by atomic mass is 9.97. The van der Waals surface area contributed by atoms with Crippen molar-refractivity contribution in [1.29, 1.82) is 0 Å². The molecule has 1 fully saturated rings. The molecule has 0 atom stereocenters. The number of nitrogens with one attached hydrogen (secondary N) is 1. The molecule has 1 aromatic heterocycles. The highest BCUT2D eigenvalue weighted by Crippen LogP contribution is 2.30. The smallest absolute Gasteiger partial charge is 0.387 e. The number of aromatic nitrogens is 2. The monoisotopic (exact) mass is 412 g/mol. The molecule has 28 heavy (non-hydrogen) atoms. The fourth-order valence-corrected chi connectivity index (χ4v) is 4.52. The van der Waals surface area contributed by atoms with Crippen molar-refractivity contribution in [3.8, 4) is 5.75 Å². The van der Waals surface area contributed by atoms with Crippen LogP contribution < -0.4 is 10.1 Å². The fourth-order valence-electron chi connectivity index (χ4n) is 2.93. The number of halogens is 2. The molecule has 2 aromatic rings. The highest BCUT2D eigenvalue weighted by atomic mass is 32.2. The SMILES string of the molecule is O=C(Nc1ncccn1)C1CCN(S(=O)(=O)c2ccccc2OC(F)F)CC1. The number of rotatable bonds is 6. The third-order valence-corrected chi connectivity index (χ3v) is 6.25. The second-order valence-corrected chi connectivity index (χ2v) is 7.97. The molecular formula is C17H18F2N4O4S. The summed E-state index contributed by atoms with van der Waals surface area (Å²) in [5.41, 5.74) is 0. The van der Waals surface area contributed by atoms with Crippen LogP contribution in [0.15, 0.2) is 47.6 Å². The Kier molecular flexibility index (Phi) is 6.15. The number of para-hydroxylation sites is 1. The van der Waals surface area contributed by atoms with E-state index >= 15 is 0 Å². The number of piperidine rings is 1.